The van der Waals surface area contributed by atoms with Crippen LogP contribution >= 0.6 is 0 Å². The third kappa shape index (κ3) is 2.62. The normalized spacial score (nSPS) is 25.8. The highest BCUT2D eigenvalue weighted by molar-refractivity contribution is 4.59. The fourth-order valence-electron chi connectivity index (χ4n) is 1.18. The van der Waals surface area contributed by atoms with Crippen LogP contribution in [0.2, 0.25) is 0 Å². The molecule has 1 rings (SSSR count). The highest BCUT2D eigenvalue weighted by atomic mass is 15.4. The van der Waals surface area contributed by atoms with Crippen LogP contribution in [0.25, 0.3) is 0 Å². The molecule has 4 heteroatoms. The van der Waals surface area contributed by atoms with E-state index in [2.05, 4.69) is 0 Å². The smallest absolute Gasteiger partial charge is 0.0141 e. The van der Waals surface area contributed by atoms with Gasteiger partial charge in [0.2, 0.25) is 0 Å². The Morgan fingerprint density at radius 2 is 1.00 bits per heavy atom. The summed E-state index contributed by atoms with van der Waals surface area (Å²) in [4.78, 5) is 0. The first-order valence-electron chi connectivity index (χ1n) is 3.78. The molecule has 0 bridgehead atoms. The summed E-state index contributed by atoms with van der Waals surface area (Å²) in [5, 5.41) is 3.74. The average Bonchev–Trinajstić information content (AvgIpc) is 1.84. The molecule has 0 aromatic rings. The first-order chi connectivity index (χ1) is 4.79. The summed E-state index contributed by atoms with van der Waals surface area (Å²) in [5.74, 6) is 11.2. The van der Waals surface area contributed by atoms with Crippen LogP contribution in [0, 0.1) is 0 Å². The van der Waals surface area contributed by atoms with E-state index in [0.717, 1.165) is 39.0 Å². The van der Waals surface area contributed by atoms with Crippen LogP contribution in [0.15, 0.2) is 0 Å². The fourth-order valence-corrected chi connectivity index (χ4v) is 1.18. The van der Waals surface area contributed by atoms with E-state index in [1.807, 2.05) is 10.0 Å². The van der Waals surface area contributed by atoms with Gasteiger partial charge in [-0.25, -0.2) is 10.0 Å². The standard InChI is InChI=1S/C6H16N4/c7-9-3-1-4-10(8)6-2-5-9/h1-8H2. The second-order valence-corrected chi connectivity index (χ2v) is 2.78. The summed E-state index contributed by atoms with van der Waals surface area (Å²) < 4.78 is 0. The minimum atomic E-state index is 0.966. The molecule has 60 valence electrons. The van der Waals surface area contributed by atoms with E-state index in [-0.39, 0.29) is 0 Å². The first-order valence-corrected chi connectivity index (χ1v) is 3.78. The molecule has 1 heterocycles. The molecule has 0 unspecified atom stereocenters. The maximum Gasteiger partial charge on any atom is 0.0141 e. The van der Waals surface area contributed by atoms with Gasteiger partial charge in [0.25, 0.3) is 0 Å². The largest absolute Gasteiger partial charge is 0.269 e. The van der Waals surface area contributed by atoms with Crippen molar-refractivity contribution in [3.63, 3.8) is 0 Å². The Morgan fingerprint density at radius 3 is 1.30 bits per heavy atom. The van der Waals surface area contributed by atoms with Crippen molar-refractivity contribution >= 4 is 0 Å². The van der Waals surface area contributed by atoms with Crippen LogP contribution in [-0.4, -0.2) is 36.2 Å². The van der Waals surface area contributed by atoms with Crippen LogP contribution < -0.4 is 11.7 Å². The van der Waals surface area contributed by atoms with Gasteiger partial charge >= 0.3 is 0 Å². The lowest BCUT2D eigenvalue weighted by Gasteiger charge is -2.24. The van der Waals surface area contributed by atoms with Crippen molar-refractivity contribution in [1.29, 1.82) is 0 Å². The van der Waals surface area contributed by atoms with Crippen LogP contribution in [0.5, 0.6) is 0 Å². The lowest BCUT2D eigenvalue weighted by Crippen LogP contribution is -2.42. The topological polar surface area (TPSA) is 58.5 Å². The Morgan fingerprint density at radius 1 is 0.700 bits per heavy atom. The van der Waals surface area contributed by atoms with E-state index in [0.29, 0.717) is 0 Å². The zero-order chi connectivity index (χ0) is 7.40. The highest BCUT2D eigenvalue weighted by Crippen LogP contribution is 1.95. The van der Waals surface area contributed by atoms with Gasteiger partial charge in [0, 0.05) is 26.2 Å². The summed E-state index contributed by atoms with van der Waals surface area (Å²) in [6.07, 6.45) is 2.15. The summed E-state index contributed by atoms with van der Waals surface area (Å²) >= 11 is 0. The van der Waals surface area contributed by atoms with Gasteiger partial charge in [0.1, 0.15) is 0 Å². The van der Waals surface area contributed by atoms with Gasteiger partial charge in [-0.3, -0.25) is 11.7 Å². The van der Waals surface area contributed by atoms with Gasteiger partial charge in [-0.05, 0) is 12.8 Å². The molecule has 1 fully saturated rings. The number of hydrogen-bond acceptors (Lipinski definition) is 4. The summed E-state index contributed by atoms with van der Waals surface area (Å²) in [7, 11) is 0. The van der Waals surface area contributed by atoms with Crippen LogP contribution in [-0.2, 0) is 0 Å². The Balaban J connectivity index is 2.21. The molecule has 0 radical (unpaired) electrons. The van der Waals surface area contributed by atoms with Gasteiger partial charge < -0.3 is 0 Å². The maximum absolute atomic E-state index is 5.62. The Hall–Kier alpha value is -0.160. The second-order valence-electron chi connectivity index (χ2n) is 2.78. The fraction of sp³-hybridized carbons (Fsp3) is 1.00. The molecule has 4 nitrogen and oxygen atoms in total. The lowest BCUT2D eigenvalue weighted by molar-refractivity contribution is 0.186. The van der Waals surface area contributed by atoms with E-state index in [1.165, 1.54) is 0 Å². The number of nitrogens with two attached hydrogens (primary N) is 2. The van der Waals surface area contributed by atoms with E-state index < -0.39 is 0 Å². The molecular weight excluding hydrogens is 128 g/mol. The molecule has 0 aromatic carbocycles. The number of rotatable bonds is 0. The second kappa shape index (κ2) is 3.88. The van der Waals surface area contributed by atoms with Crippen molar-refractivity contribution in [2.24, 2.45) is 11.7 Å². The van der Waals surface area contributed by atoms with Crippen LogP contribution in [0.3, 0.4) is 0 Å². The van der Waals surface area contributed by atoms with E-state index in [9.17, 15) is 0 Å². The van der Waals surface area contributed by atoms with Crippen molar-refractivity contribution in [1.82, 2.24) is 10.0 Å². The molecule has 0 spiro atoms. The summed E-state index contributed by atoms with van der Waals surface area (Å²) in [6.45, 7) is 3.86. The quantitative estimate of drug-likeness (QED) is 0.434. The van der Waals surface area contributed by atoms with Crippen molar-refractivity contribution in [2.75, 3.05) is 26.2 Å². The molecule has 1 aliphatic rings. The lowest BCUT2D eigenvalue weighted by atomic mass is 10.3. The van der Waals surface area contributed by atoms with E-state index >= 15 is 0 Å². The molecule has 1 aliphatic heterocycles. The van der Waals surface area contributed by atoms with Crippen molar-refractivity contribution in [3.8, 4) is 0 Å². The predicted octanol–water partition coefficient (Wildman–Crippen LogP) is -0.868. The zero-order valence-corrected chi connectivity index (χ0v) is 6.29. The van der Waals surface area contributed by atoms with Crippen LogP contribution in [0.1, 0.15) is 12.8 Å². The molecule has 0 aliphatic carbocycles. The minimum absolute atomic E-state index is 0.966. The molecule has 0 atom stereocenters. The zero-order valence-electron chi connectivity index (χ0n) is 6.29. The molecule has 0 saturated carbocycles. The molecule has 4 N–H and O–H groups in total. The van der Waals surface area contributed by atoms with Crippen molar-refractivity contribution in [2.45, 2.75) is 12.8 Å². The monoisotopic (exact) mass is 144 g/mol. The SMILES string of the molecule is NN1CCCN(N)CCC1. The summed E-state index contributed by atoms with van der Waals surface area (Å²) in [5.41, 5.74) is 0. The van der Waals surface area contributed by atoms with E-state index in [1.54, 1.807) is 0 Å². The van der Waals surface area contributed by atoms with Gasteiger partial charge in [0.05, 0.1) is 0 Å². The van der Waals surface area contributed by atoms with E-state index in [4.69, 9.17) is 11.7 Å². The van der Waals surface area contributed by atoms with Crippen LogP contribution in [0.4, 0.5) is 0 Å². The van der Waals surface area contributed by atoms with Crippen molar-refractivity contribution < 1.29 is 0 Å². The molecule has 10 heavy (non-hydrogen) atoms. The first kappa shape index (κ1) is 7.94. The Kier molecular flexibility index (Phi) is 3.08. The predicted molar refractivity (Wildman–Crippen MR) is 40.8 cm³/mol. The third-order valence-corrected chi connectivity index (χ3v) is 1.78. The third-order valence-electron chi connectivity index (χ3n) is 1.78. The minimum Gasteiger partial charge on any atom is -0.269 e. The Bertz CT molecular complexity index is 75.7. The number of nitrogens with zero attached hydrogens (tertiary/aromatic N) is 2. The highest BCUT2D eigenvalue weighted by Gasteiger charge is 2.06. The molecule has 0 amide bonds. The average molecular weight is 144 g/mol. The maximum atomic E-state index is 5.62. The molecular formula is C6H16N4. The van der Waals surface area contributed by atoms with Gasteiger partial charge in [-0.15, -0.1) is 0 Å². The van der Waals surface area contributed by atoms with Gasteiger partial charge in [-0.1, -0.05) is 0 Å². The number of hydrazine groups is 2. The molecule has 1 saturated heterocycles. The molecule has 0 aromatic heterocycles. The Labute approximate surface area is 61.7 Å². The number of hydrogen-bond donors (Lipinski definition) is 2. The van der Waals surface area contributed by atoms with Gasteiger partial charge in [0.15, 0.2) is 0 Å². The summed E-state index contributed by atoms with van der Waals surface area (Å²) in [6, 6.07) is 0. The van der Waals surface area contributed by atoms with Crippen molar-refractivity contribution in [3.05, 3.63) is 0 Å². The van der Waals surface area contributed by atoms with Gasteiger partial charge in [-0.2, -0.15) is 0 Å².